The van der Waals surface area contributed by atoms with Crippen LogP contribution in [-0.2, 0) is 6.54 Å². The summed E-state index contributed by atoms with van der Waals surface area (Å²) in [4.78, 5) is 15.5. The summed E-state index contributed by atoms with van der Waals surface area (Å²) in [6, 6.07) is 3.18. The van der Waals surface area contributed by atoms with Crippen LogP contribution in [0.3, 0.4) is 0 Å². The van der Waals surface area contributed by atoms with Crippen LogP contribution in [0.4, 0.5) is 5.69 Å². The van der Waals surface area contributed by atoms with Crippen LogP contribution < -0.4 is 9.47 Å². The Labute approximate surface area is 125 Å². The number of nitro groups is 1. The van der Waals surface area contributed by atoms with Gasteiger partial charge in [-0.3, -0.25) is 10.1 Å². The van der Waals surface area contributed by atoms with Crippen molar-refractivity contribution in [3.63, 3.8) is 0 Å². The van der Waals surface area contributed by atoms with Gasteiger partial charge in [0.2, 0.25) is 0 Å². The third-order valence-corrected chi connectivity index (χ3v) is 4.26. The topological polar surface area (TPSA) is 79.4 Å². The molecule has 0 atom stereocenters. The number of aryl methyl sites for hydroxylation is 1. The maximum Gasteiger partial charge on any atom is 0.324 e. The molecule has 0 saturated heterocycles. The molecule has 7 nitrogen and oxygen atoms in total. The van der Waals surface area contributed by atoms with Crippen LogP contribution in [0.1, 0.15) is 0 Å². The number of aromatic nitrogens is 2. The molecule has 0 aliphatic carbocycles. The first-order chi connectivity index (χ1) is 10.2. The Hall–Kier alpha value is -2.22. The normalized spacial score (nSPS) is 13.0. The minimum atomic E-state index is -0.464. The van der Waals surface area contributed by atoms with Crippen LogP contribution >= 0.6 is 11.8 Å². The lowest BCUT2D eigenvalue weighted by Crippen LogP contribution is -1.99. The third kappa shape index (κ3) is 2.21. The number of fused-ring (bicyclic) bond motifs is 1. The zero-order valence-corrected chi connectivity index (χ0v) is 12.3. The standard InChI is InChI=1S/C13H13N3O4S/c1-19-9-3-4-10(20-2)12(16(17)18)11(9)8-7-15-5-6-21-13(15)14-8/h3-4,7H,5-6H2,1-2H3. The number of methoxy groups -OCH3 is 2. The van der Waals surface area contributed by atoms with Crippen LogP contribution in [0.2, 0.25) is 0 Å². The van der Waals surface area contributed by atoms with E-state index in [-0.39, 0.29) is 11.4 Å². The molecule has 0 N–H and O–H groups in total. The maximum absolute atomic E-state index is 11.4. The second-order valence-electron chi connectivity index (χ2n) is 4.40. The van der Waals surface area contributed by atoms with Gasteiger partial charge in [-0.15, -0.1) is 0 Å². The molecule has 0 bridgehead atoms. The molecule has 21 heavy (non-hydrogen) atoms. The summed E-state index contributed by atoms with van der Waals surface area (Å²) >= 11 is 1.63. The molecule has 110 valence electrons. The summed E-state index contributed by atoms with van der Waals surface area (Å²) in [5, 5.41) is 12.3. The quantitative estimate of drug-likeness (QED) is 0.638. The summed E-state index contributed by atoms with van der Waals surface area (Å²) in [5.74, 6) is 1.57. The molecular formula is C13H13N3O4S. The van der Waals surface area contributed by atoms with Crippen LogP contribution in [0.5, 0.6) is 11.5 Å². The van der Waals surface area contributed by atoms with E-state index in [4.69, 9.17) is 9.47 Å². The van der Waals surface area contributed by atoms with Gasteiger partial charge in [-0.25, -0.2) is 4.98 Å². The summed E-state index contributed by atoms with van der Waals surface area (Å²) in [6.45, 7) is 0.854. The average Bonchev–Trinajstić information content (AvgIpc) is 3.06. The first kappa shape index (κ1) is 13.7. The molecule has 0 saturated carbocycles. The molecule has 0 radical (unpaired) electrons. The molecule has 1 aliphatic heterocycles. The lowest BCUT2D eigenvalue weighted by molar-refractivity contribution is -0.385. The molecule has 0 unspecified atom stereocenters. The van der Waals surface area contributed by atoms with E-state index in [1.165, 1.54) is 20.3 Å². The summed E-state index contributed by atoms with van der Waals surface area (Å²) in [6.07, 6.45) is 1.82. The minimum absolute atomic E-state index is 0.126. The number of hydrogen-bond donors (Lipinski definition) is 0. The van der Waals surface area contributed by atoms with Crippen molar-refractivity contribution in [1.82, 2.24) is 9.55 Å². The number of hydrogen-bond acceptors (Lipinski definition) is 6. The number of ether oxygens (including phenoxy) is 2. The van der Waals surface area contributed by atoms with Crippen molar-refractivity contribution in [2.45, 2.75) is 11.7 Å². The van der Waals surface area contributed by atoms with Crippen molar-refractivity contribution in [3.8, 4) is 22.8 Å². The van der Waals surface area contributed by atoms with Gasteiger partial charge in [0.25, 0.3) is 0 Å². The number of imidazole rings is 1. The zero-order chi connectivity index (χ0) is 15.0. The van der Waals surface area contributed by atoms with E-state index in [1.54, 1.807) is 17.8 Å². The van der Waals surface area contributed by atoms with Crippen molar-refractivity contribution in [3.05, 3.63) is 28.4 Å². The molecule has 0 fully saturated rings. The highest BCUT2D eigenvalue weighted by atomic mass is 32.2. The fourth-order valence-corrected chi connectivity index (χ4v) is 3.29. The van der Waals surface area contributed by atoms with Gasteiger partial charge in [0.15, 0.2) is 10.9 Å². The largest absolute Gasteiger partial charge is 0.496 e. The number of rotatable bonds is 4. The van der Waals surface area contributed by atoms with Gasteiger partial charge in [0.05, 0.1) is 19.1 Å². The first-order valence-electron chi connectivity index (χ1n) is 6.25. The fraction of sp³-hybridized carbons (Fsp3) is 0.308. The molecule has 0 amide bonds. The Balaban J connectivity index is 2.25. The Bertz CT molecular complexity index is 692. The van der Waals surface area contributed by atoms with Crippen LogP contribution in [0.15, 0.2) is 23.5 Å². The Morgan fingerprint density at radius 1 is 1.33 bits per heavy atom. The lowest BCUT2D eigenvalue weighted by atomic mass is 10.1. The minimum Gasteiger partial charge on any atom is -0.496 e. The molecular weight excluding hydrogens is 294 g/mol. The highest BCUT2D eigenvalue weighted by Gasteiger charge is 2.29. The molecule has 0 spiro atoms. The third-order valence-electron chi connectivity index (χ3n) is 3.28. The van der Waals surface area contributed by atoms with Gasteiger partial charge >= 0.3 is 5.69 Å². The van der Waals surface area contributed by atoms with E-state index < -0.39 is 4.92 Å². The zero-order valence-electron chi connectivity index (χ0n) is 11.5. The molecule has 8 heteroatoms. The van der Waals surface area contributed by atoms with Crippen LogP contribution in [-0.4, -0.2) is 34.4 Å². The predicted octanol–water partition coefficient (Wildman–Crippen LogP) is 2.58. The number of benzene rings is 1. The fourth-order valence-electron chi connectivity index (χ4n) is 2.35. The van der Waals surface area contributed by atoms with Gasteiger partial charge in [-0.2, -0.15) is 0 Å². The Morgan fingerprint density at radius 3 is 2.67 bits per heavy atom. The first-order valence-corrected chi connectivity index (χ1v) is 7.24. The van der Waals surface area contributed by atoms with Crippen molar-refractivity contribution >= 4 is 17.4 Å². The SMILES string of the molecule is COc1ccc(OC)c([N+](=O)[O-])c1-c1cn2c(n1)SCC2. The predicted molar refractivity (Wildman–Crippen MR) is 78.1 cm³/mol. The highest BCUT2D eigenvalue weighted by molar-refractivity contribution is 7.99. The second kappa shape index (κ2) is 5.28. The molecule has 1 aromatic carbocycles. The molecule has 3 rings (SSSR count). The van der Waals surface area contributed by atoms with E-state index >= 15 is 0 Å². The number of thioether (sulfide) groups is 1. The van der Waals surface area contributed by atoms with Gasteiger partial charge in [-0.1, -0.05) is 11.8 Å². The van der Waals surface area contributed by atoms with Gasteiger partial charge in [-0.05, 0) is 12.1 Å². The van der Waals surface area contributed by atoms with Crippen LogP contribution in [0.25, 0.3) is 11.3 Å². The van der Waals surface area contributed by atoms with Crippen molar-refractivity contribution < 1.29 is 14.4 Å². The monoisotopic (exact) mass is 307 g/mol. The van der Waals surface area contributed by atoms with E-state index in [1.807, 2.05) is 10.8 Å². The maximum atomic E-state index is 11.4. The second-order valence-corrected chi connectivity index (χ2v) is 5.46. The van der Waals surface area contributed by atoms with Crippen LogP contribution in [0, 0.1) is 10.1 Å². The molecule has 1 aromatic heterocycles. The van der Waals surface area contributed by atoms with Gasteiger partial charge < -0.3 is 14.0 Å². The van der Waals surface area contributed by atoms with E-state index in [0.717, 1.165) is 17.5 Å². The summed E-state index contributed by atoms with van der Waals surface area (Å²) < 4.78 is 12.4. The average molecular weight is 307 g/mol. The number of nitrogens with zero attached hydrogens (tertiary/aromatic N) is 3. The summed E-state index contributed by atoms with van der Waals surface area (Å²) in [7, 11) is 2.88. The van der Waals surface area contributed by atoms with Gasteiger partial charge in [0, 0.05) is 18.5 Å². The molecule has 2 aromatic rings. The van der Waals surface area contributed by atoms with E-state index in [9.17, 15) is 10.1 Å². The van der Waals surface area contributed by atoms with Gasteiger partial charge in [0.1, 0.15) is 17.0 Å². The molecule has 2 heterocycles. The Morgan fingerprint density at radius 2 is 2.05 bits per heavy atom. The van der Waals surface area contributed by atoms with Crippen molar-refractivity contribution in [2.24, 2.45) is 0 Å². The smallest absolute Gasteiger partial charge is 0.324 e. The summed E-state index contributed by atoms with van der Waals surface area (Å²) in [5.41, 5.74) is 0.752. The van der Waals surface area contributed by atoms with E-state index in [2.05, 4.69) is 4.98 Å². The molecule has 1 aliphatic rings. The van der Waals surface area contributed by atoms with Crippen molar-refractivity contribution in [1.29, 1.82) is 0 Å². The van der Waals surface area contributed by atoms with E-state index in [0.29, 0.717) is 17.0 Å². The number of nitro benzene ring substituents is 1. The lowest BCUT2D eigenvalue weighted by Gasteiger charge is -2.10. The Kier molecular flexibility index (Phi) is 3.46. The highest BCUT2D eigenvalue weighted by Crippen LogP contribution is 2.44. The van der Waals surface area contributed by atoms with Crippen molar-refractivity contribution in [2.75, 3.05) is 20.0 Å².